The highest BCUT2D eigenvalue weighted by atomic mass is 35.5. The van der Waals surface area contributed by atoms with E-state index in [2.05, 4.69) is 20.6 Å². The summed E-state index contributed by atoms with van der Waals surface area (Å²) in [6.07, 6.45) is 8.41. The molecular weight excluding hydrogens is 467 g/mol. The Morgan fingerprint density at radius 2 is 2.06 bits per heavy atom. The molecule has 0 aromatic carbocycles. The molecule has 0 radical (unpaired) electrons. The number of carbonyl (C=O) groups excluding carboxylic acids is 1. The maximum Gasteiger partial charge on any atom is 0.263 e. The molecule has 0 saturated carbocycles. The number of anilines is 1. The molecule has 0 bridgehead atoms. The monoisotopic (exact) mass is 492 g/mol. The molecule has 2 aromatic heterocycles. The van der Waals surface area contributed by atoms with E-state index in [1.165, 1.54) is 11.3 Å². The van der Waals surface area contributed by atoms with Crippen LogP contribution in [0.4, 0.5) is 5.69 Å². The molecule has 1 atom stereocenters. The number of thiophene rings is 1. The number of hydrogen-bond acceptors (Lipinski definition) is 5. The molecule has 1 aliphatic rings. The topological polar surface area (TPSA) is 93.4 Å². The van der Waals surface area contributed by atoms with E-state index in [9.17, 15) is 4.79 Å². The van der Waals surface area contributed by atoms with Crippen LogP contribution in [0.25, 0.3) is 0 Å². The molecule has 10 heteroatoms. The number of amides is 1. The molecule has 7 nitrogen and oxygen atoms in total. The molecule has 0 spiro atoms. The van der Waals surface area contributed by atoms with Gasteiger partial charge in [-0.2, -0.15) is 5.26 Å². The normalized spacial score (nSPS) is 16.1. The number of nitrogens with zero attached hydrogens (tertiary/aromatic N) is 4. The van der Waals surface area contributed by atoms with Crippen molar-refractivity contribution >= 4 is 52.1 Å². The van der Waals surface area contributed by atoms with E-state index in [0.29, 0.717) is 24.1 Å². The summed E-state index contributed by atoms with van der Waals surface area (Å²) in [4.78, 5) is 22.9. The highest BCUT2D eigenvalue weighted by molar-refractivity contribution is 7.12. The minimum atomic E-state index is 0.174. The van der Waals surface area contributed by atoms with Crippen molar-refractivity contribution in [3.8, 4) is 6.19 Å². The SMILES string of the molecule is N#C/N=C(/NCCCCCCC1CCN(C(=O)c2cccs2)C1)Nc1cc(Cl)nc(Cl)c1. The first-order valence-corrected chi connectivity index (χ1v) is 12.3. The third-order valence-corrected chi connectivity index (χ3v) is 6.57. The average Bonchev–Trinajstić information content (AvgIpc) is 3.44. The number of guanidine groups is 1. The lowest BCUT2D eigenvalue weighted by Crippen LogP contribution is -2.31. The van der Waals surface area contributed by atoms with Crippen LogP contribution < -0.4 is 10.6 Å². The summed E-state index contributed by atoms with van der Waals surface area (Å²) in [5, 5.41) is 17.5. The van der Waals surface area contributed by atoms with Crippen LogP contribution in [0.5, 0.6) is 0 Å². The molecule has 1 unspecified atom stereocenters. The summed E-state index contributed by atoms with van der Waals surface area (Å²) in [5.41, 5.74) is 0.611. The number of pyridine rings is 1. The lowest BCUT2D eigenvalue weighted by molar-refractivity contribution is 0.0791. The number of nitriles is 1. The Morgan fingerprint density at radius 3 is 2.78 bits per heavy atom. The van der Waals surface area contributed by atoms with Crippen molar-refractivity contribution in [2.45, 2.75) is 38.5 Å². The van der Waals surface area contributed by atoms with Crippen molar-refractivity contribution in [2.75, 3.05) is 25.0 Å². The number of aliphatic imine (C=N–C) groups is 1. The molecule has 1 aliphatic heterocycles. The average molecular weight is 493 g/mol. The maximum atomic E-state index is 12.4. The number of aromatic nitrogens is 1. The molecule has 2 aromatic rings. The molecule has 1 amide bonds. The fraction of sp³-hybridized carbons (Fsp3) is 0.455. The van der Waals surface area contributed by atoms with Gasteiger partial charge in [-0.3, -0.25) is 4.79 Å². The second-order valence-corrected chi connectivity index (χ2v) is 9.42. The summed E-state index contributed by atoms with van der Waals surface area (Å²) in [7, 11) is 0. The fourth-order valence-electron chi connectivity index (χ4n) is 3.76. The molecular formula is C22H26Cl2N6OS. The zero-order valence-corrected chi connectivity index (χ0v) is 20.0. The van der Waals surface area contributed by atoms with Gasteiger partial charge < -0.3 is 15.5 Å². The van der Waals surface area contributed by atoms with E-state index < -0.39 is 0 Å². The van der Waals surface area contributed by atoms with Gasteiger partial charge in [0.25, 0.3) is 5.91 Å². The van der Waals surface area contributed by atoms with Gasteiger partial charge >= 0.3 is 0 Å². The second kappa shape index (κ2) is 12.6. The molecule has 2 N–H and O–H groups in total. The molecule has 1 fully saturated rings. The number of nitrogens with one attached hydrogen (secondary N) is 2. The maximum absolute atomic E-state index is 12.4. The van der Waals surface area contributed by atoms with Crippen molar-refractivity contribution in [3.05, 3.63) is 44.8 Å². The van der Waals surface area contributed by atoms with Gasteiger partial charge in [-0.15, -0.1) is 16.3 Å². The summed E-state index contributed by atoms with van der Waals surface area (Å²) in [6, 6.07) is 7.05. The van der Waals surface area contributed by atoms with E-state index >= 15 is 0 Å². The van der Waals surface area contributed by atoms with Gasteiger partial charge in [0.05, 0.1) is 4.88 Å². The summed E-state index contributed by atoms with van der Waals surface area (Å²) < 4.78 is 0. The highest BCUT2D eigenvalue weighted by Crippen LogP contribution is 2.25. The molecule has 3 heterocycles. The largest absolute Gasteiger partial charge is 0.355 e. The van der Waals surface area contributed by atoms with Gasteiger partial charge in [0.15, 0.2) is 0 Å². The molecule has 1 saturated heterocycles. The standard InChI is InChI=1S/C22H26Cl2N6OS/c23-19-12-17(13-20(24)29-19)28-22(27-15-25)26-9-4-2-1-3-6-16-8-10-30(14-16)21(31)18-7-5-11-32-18/h5,7,11-13,16H,1-4,6,8-10,14H2,(H2,26,27,28,29). The van der Waals surface area contributed by atoms with Crippen LogP contribution in [-0.4, -0.2) is 41.4 Å². The van der Waals surface area contributed by atoms with Crippen molar-refractivity contribution in [1.29, 1.82) is 5.26 Å². The van der Waals surface area contributed by atoms with E-state index in [4.69, 9.17) is 28.5 Å². The van der Waals surface area contributed by atoms with Crippen molar-refractivity contribution < 1.29 is 4.79 Å². The van der Waals surface area contributed by atoms with Crippen LogP contribution in [0.15, 0.2) is 34.6 Å². The first-order chi connectivity index (χ1) is 15.5. The third-order valence-electron chi connectivity index (χ3n) is 5.32. The van der Waals surface area contributed by atoms with Crippen molar-refractivity contribution in [3.63, 3.8) is 0 Å². The summed E-state index contributed by atoms with van der Waals surface area (Å²) >= 11 is 13.3. The predicted molar refractivity (Wildman–Crippen MR) is 130 cm³/mol. The zero-order chi connectivity index (χ0) is 22.8. The lowest BCUT2D eigenvalue weighted by atomic mass is 10.00. The second-order valence-electron chi connectivity index (χ2n) is 7.70. The molecule has 170 valence electrons. The first-order valence-electron chi connectivity index (χ1n) is 10.7. The Morgan fingerprint density at radius 1 is 1.28 bits per heavy atom. The number of unbranched alkanes of at least 4 members (excludes halogenated alkanes) is 3. The smallest absolute Gasteiger partial charge is 0.263 e. The van der Waals surface area contributed by atoms with Gasteiger partial charge in [0.2, 0.25) is 12.2 Å². The zero-order valence-electron chi connectivity index (χ0n) is 17.7. The van der Waals surface area contributed by atoms with Gasteiger partial charge in [-0.05, 0) is 48.8 Å². The van der Waals surface area contributed by atoms with Gasteiger partial charge in [0, 0.05) is 25.3 Å². The number of likely N-dealkylation sites (tertiary alicyclic amines) is 1. The van der Waals surface area contributed by atoms with Crippen molar-refractivity contribution in [1.82, 2.24) is 15.2 Å². The number of hydrogen-bond donors (Lipinski definition) is 2. The minimum absolute atomic E-state index is 0.174. The van der Waals surface area contributed by atoms with Gasteiger partial charge in [-0.25, -0.2) is 4.98 Å². The van der Waals surface area contributed by atoms with Crippen LogP contribution in [0.3, 0.4) is 0 Å². The Labute approximate surface area is 202 Å². The summed E-state index contributed by atoms with van der Waals surface area (Å²) in [6.45, 7) is 2.45. The highest BCUT2D eigenvalue weighted by Gasteiger charge is 2.26. The molecule has 0 aliphatic carbocycles. The van der Waals surface area contributed by atoms with Gasteiger partial charge in [-0.1, -0.05) is 48.5 Å². The van der Waals surface area contributed by atoms with E-state index in [0.717, 1.165) is 56.5 Å². The fourth-order valence-corrected chi connectivity index (χ4v) is 4.91. The molecule has 32 heavy (non-hydrogen) atoms. The minimum Gasteiger partial charge on any atom is -0.355 e. The number of halogens is 2. The van der Waals surface area contributed by atoms with Crippen LogP contribution in [-0.2, 0) is 0 Å². The van der Waals surface area contributed by atoms with E-state index in [-0.39, 0.29) is 16.2 Å². The Hall–Kier alpha value is -2.34. The Kier molecular flexibility index (Phi) is 9.60. The quantitative estimate of drug-likeness (QED) is 0.160. The molecule has 3 rings (SSSR count). The van der Waals surface area contributed by atoms with Gasteiger partial charge in [0.1, 0.15) is 10.3 Å². The number of rotatable bonds is 9. The summed E-state index contributed by atoms with van der Waals surface area (Å²) in [5.74, 6) is 1.13. The predicted octanol–water partition coefficient (Wildman–Crippen LogP) is 5.40. The lowest BCUT2D eigenvalue weighted by Gasteiger charge is -2.15. The van der Waals surface area contributed by atoms with Crippen LogP contribution in [0.2, 0.25) is 10.3 Å². The Bertz CT molecular complexity index is 940. The van der Waals surface area contributed by atoms with Crippen LogP contribution in [0, 0.1) is 17.4 Å². The van der Waals surface area contributed by atoms with E-state index in [1.54, 1.807) is 18.3 Å². The first kappa shape index (κ1) is 24.3. The third kappa shape index (κ3) is 7.66. The van der Waals surface area contributed by atoms with E-state index in [1.807, 2.05) is 22.4 Å². The van der Waals surface area contributed by atoms with Crippen molar-refractivity contribution in [2.24, 2.45) is 10.9 Å². The van der Waals surface area contributed by atoms with Crippen LogP contribution in [0.1, 0.15) is 48.2 Å². The Balaban J connectivity index is 1.29. The number of carbonyl (C=O) groups is 1. The van der Waals surface area contributed by atoms with Crippen LogP contribution >= 0.6 is 34.5 Å².